The molecule has 1 aliphatic heterocycles. The van der Waals surface area contributed by atoms with Gasteiger partial charge < -0.3 is 9.88 Å². The number of aromatic nitrogens is 1. The van der Waals surface area contributed by atoms with Crippen LogP contribution < -0.4 is 0 Å². The number of H-pyrrole nitrogens is 1. The maximum atomic E-state index is 12.7. The monoisotopic (exact) mass is 306 g/mol. The third-order valence-corrected chi connectivity index (χ3v) is 5.81. The van der Waals surface area contributed by atoms with Crippen LogP contribution in [0.4, 0.5) is 0 Å². The predicted molar refractivity (Wildman–Crippen MR) is 82.3 cm³/mol. The predicted octanol–water partition coefficient (Wildman–Crippen LogP) is 1.66. The molecule has 6 heteroatoms. The molecule has 1 amide bonds. The van der Waals surface area contributed by atoms with Gasteiger partial charge in [0.15, 0.2) is 9.84 Å². The van der Waals surface area contributed by atoms with Crippen molar-refractivity contribution >= 4 is 26.6 Å². The molecule has 2 heterocycles. The van der Waals surface area contributed by atoms with E-state index in [2.05, 4.69) is 4.98 Å². The minimum absolute atomic E-state index is 0.0531. The molecule has 2 aromatic rings. The average molecular weight is 306 g/mol. The van der Waals surface area contributed by atoms with Gasteiger partial charge in [0.05, 0.1) is 22.6 Å². The van der Waals surface area contributed by atoms with E-state index in [4.69, 9.17) is 0 Å². The van der Waals surface area contributed by atoms with Crippen LogP contribution >= 0.6 is 0 Å². The molecule has 0 saturated carbocycles. The fourth-order valence-corrected chi connectivity index (χ4v) is 3.95. The van der Waals surface area contributed by atoms with Crippen LogP contribution in [0, 0.1) is 13.8 Å². The van der Waals surface area contributed by atoms with Crippen LogP contribution in [0.25, 0.3) is 10.9 Å². The fourth-order valence-electron chi connectivity index (χ4n) is 2.75. The van der Waals surface area contributed by atoms with Gasteiger partial charge in [-0.25, -0.2) is 8.42 Å². The Kier molecular flexibility index (Phi) is 3.28. The van der Waals surface area contributed by atoms with E-state index in [0.29, 0.717) is 5.56 Å². The summed E-state index contributed by atoms with van der Waals surface area (Å²) in [4.78, 5) is 17.5. The number of rotatable bonds is 1. The molecule has 0 atom stereocenters. The molecule has 0 aliphatic carbocycles. The number of carbonyl (C=O) groups excluding carboxylic acids is 1. The molecule has 3 rings (SSSR count). The smallest absolute Gasteiger partial charge is 0.256 e. The van der Waals surface area contributed by atoms with Crippen LogP contribution in [0.1, 0.15) is 21.6 Å². The largest absolute Gasteiger partial charge is 0.358 e. The Bertz CT molecular complexity index is 807. The normalized spacial score (nSPS) is 18.1. The zero-order chi connectivity index (χ0) is 15.2. The first-order valence-corrected chi connectivity index (χ1v) is 8.79. The molecular weight excluding hydrogens is 288 g/mol. The molecule has 0 bridgehead atoms. The highest BCUT2D eigenvalue weighted by Gasteiger charge is 2.27. The second-order valence-electron chi connectivity index (χ2n) is 5.55. The second-order valence-corrected chi connectivity index (χ2v) is 7.85. The Labute approximate surface area is 123 Å². The molecular formula is C15H18N2O3S. The Morgan fingerprint density at radius 1 is 1.19 bits per heavy atom. The second kappa shape index (κ2) is 4.87. The van der Waals surface area contributed by atoms with E-state index in [9.17, 15) is 13.2 Å². The summed E-state index contributed by atoms with van der Waals surface area (Å²) in [5.41, 5.74) is 3.64. The van der Waals surface area contributed by atoms with Crippen molar-refractivity contribution in [2.75, 3.05) is 24.6 Å². The van der Waals surface area contributed by atoms with Gasteiger partial charge in [-0.2, -0.15) is 0 Å². The molecule has 1 N–H and O–H groups in total. The van der Waals surface area contributed by atoms with Crippen molar-refractivity contribution in [3.05, 3.63) is 35.0 Å². The molecule has 21 heavy (non-hydrogen) atoms. The third kappa shape index (κ3) is 2.44. The molecule has 1 aromatic carbocycles. The van der Waals surface area contributed by atoms with Gasteiger partial charge in [0.25, 0.3) is 5.91 Å². The molecule has 1 saturated heterocycles. The first-order chi connectivity index (χ1) is 9.89. The van der Waals surface area contributed by atoms with Gasteiger partial charge in [0.1, 0.15) is 0 Å². The van der Waals surface area contributed by atoms with Gasteiger partial charge in [-0.05, 0) is 25.5 Å². The number of amides is 1. The number of nitrogens with one attached hydrogen (secondary N) is 1. The third-order valence-electron chi connectivity index (χ3n) is 4.21. The summed E-state index contributed by atoms with van der Waals surface area (Å²) >= 11 is 0. The summed E-state index contributed by atoms with van der Waals surface area (Å²) in [6.07, 6.45) is 0. The van der Waals surface area contributed by atoms with Crippen molar-refractivity contribution in [3.8, 4) is 0 Å². The van der Waals surface area contributed by atoms with Crippen LogP contribution in [0.15, 0.2) is 18.2 Å². The maximum Gasteiger partial charge on any atom is 0.256 e. The van der Waals surface area contributed by atoms with Crippen molar-refractivity contribution in [1.29, 1.82) is 0 Å². The quantitative estimate of drug-likeness (QED) is 0.871. The summed E-state index contributed by atoms with van der Waals surface area (Å²) in [7, 11) is -2.98. The fraction of sp³-hybridized carbons (Fsp3) is 0.400. The van der Waals surface area contributed by atoms with Gasteiger partial charge >= 0.3 is 0 Å². The lowest BCUT2D eigenvalue weighted by atomic mass is 10.1. The van der Waals surface area contributed by atoms with E-state index in [1.165, 1.54) is 0 Å². The van der Waals surface area contributed by atoms with Crippen LogP contribution in [0.3, 0.4) is 0 Å². The number of hydrogen-bond donors (Lipinski definition) is 1. The Morgan fingerprint density at radius 3 is 2.52 bits per heavy atom. The minimum atomic E-state index is -2.98. The maximum absolute atomic E-state index is 12.7. The molecule has 5 nitrogen and oxygen atoms in total. The summed E-state index contributed by atoms with van der Waals surface area (Å²) in [6, 6.07) is 5.66. The molecule has 112 valence electrons. The number of aryl methyl sites for hydroxylation is 2. The number of nitrogens with zero attached hydrogens (tertiary/aromatic N) is 1. The lowest BCUT2D eigenvalue weighted by Crippen LogP contribution is -2.43. The van der Waals surface area contributed by atoms with E-state index in [1.807, 2.05) is 26.0 Å². The zero-order valence-electron chi connectivity index (χ0n) is 12.1. The highest BCUT2D eigenvalue weighted by atomic mass is 32.2. The SMILES string of the molecule is Cc1[nH]c2c(C(=O)N3CCS(=O)(=O)CC3)cccc2c1C. The topological polar surface area (TPSA) is 70.2 Å². The molecule has 0 unspecified atom stereocenters. The summed E-state index contributed by atoms with van der Waals surface area (Å²) in [6.45, 7) is 4.55. The number of para-hydroxylation sites is 1. The van der Waals surface area contributed by atoms with Gasteiger partial charge in [-0.1, -0.05) is 12.1 Å². The summed E-state index contributed by atoms with van der Waals surface area (Å²) < 4.78 is 22.9. The van der Waals surface area contributed by atoms with Crippen molar-refractivity contribution in [3.63, 3.8) is 0 Å². The van der Waals surface area contributed by atoms with Crippen molar-refractivity contribution in [1.82, 2.24) is 9.88 Å². The lowest BCUT2D eigenvalue weighted by molar-refractivity contribution is 0.0772. The van der Waals surface area contributed by atoms with Crippen LogP contribution in [-0.2, 0) is 9.84 Å². The molecule has 0 radical (unpaired) electrons. The van der Waals surface area contributed by atoms with Crippen LogP contribution in [0.5, 0.6) is 0 Å². The van der Waals surface area contributed by atoms with Gasteiger partial charge in [0.2, 0.25) is 0 Å². The van der Waals surface area contributed by atoms with E-state index < -0.39 is 9.84 Å². The lowest BCUT2D eigenvalue weighted by Gasteiger charge is -2.26. The van der Waals surface area contributed by atoms with Gasteiger partial charge in [-0.15, -0.1) is 0 Å². The highest BCUT2D eigenvalue weighted by Crippen LogP contribution is 2.25. The van der Waals surface area contributed by atoms with Gasteiger partial charge in [-0.3, -0.25) is 4.79 Å². The van der Waals surface area contributed by atoms with Crippen molar-refractivity contribution in [2.24, 2.45) is 0 Å². The highest BCUT2D eigenvalue weighted by molar-refractivity contribution is 7.91. The van der Waals surface area contributed by atoms with Crippen molar-refractivity contribution < 1.29 is 13.2 Å². The van der Waals surface area contributed by atoms with E-state index in [-0.39, 0.29) is 30.5 Å². The molecule has 1 aliphatic rings. The zero-order valence-corrected chi connectivity index (χ0v) is 13.0. The van der Waals surface area contributed by atoms with E-state index in [0.717, 1.165) is 22.2 Å². The minimum Gasteiger partial charge on any atom is -0.358 e. The average Bonchev–Trinajstić information content (AvgIpc) is 2.74. The number of carbonyl (C=O) groups is 1. The van der Waals surface area contributed by atoms with Crippen LogP contribution in [0.2, 0.25) is 0 Å². The summed E-state index contributed by atoms with van der Waals surface area (Å²) in [5.74, 6) is 0.00592. The molecule has 1 fully saturated rings. The van der Waals surface area contributed by atoms with E-state index >= 15 is 0 Å². The summed E-state index contributed by atoms with van der Waals surface area (Å²) in [5, 5.41) is 1.04. The first-order valence-electron chi connectivity index (χ1n) is 6.96. The Balaban J connectivity index is 1.97. The number of hydrogen-bond acceptors (Lipinski definition) is 3. The Morgan fingerprint density at radius 2 is 1.86 bits per heavy atom. The number of benzene rings is 1. The van der Waals surface area contributed by atoms with E-state index in [1.54, 1.807) is 11.0 Å². The van der Waals surface area contributed by atoms with Crippen molar-refractivity contribution in [2.45, 2.75) is 13.8 Å². The first kappa shape index (κ1) is 14.1. The standard InChI is InChI=1S/C15H18N2O3S/c1-10-11(2)16-14-12(10)4-3-5-13(14)15(18)17-6-8-21(19,20)9-7-17/h3-5,16H,6-9H2,1-2H3. The molecule has 1 aromatic heterocycles. The Hall–Kier alpha value is -1.82. The molecule has 0 spiro atoms. The number of sulfone groups is 1. The number of aromatic amines is 1. The number of fused-ring (bicyclic) bond motifs is 1. The van der Waals surface area contributed by atoms with Crippen LogP contribution in [-0.4, -0.2) is 48.8 Å². The van der Waals surface area contributed by atoms with Gasteiger partial charge in [0, 0.05) is 24.2 Å².